The Morgan fingerprint density at radius 1 is 0.717 bits per heavy atom. The van der Waals surface area contributed by atoms with Crippen molar-refractivity contribution in [2.24, 2.45) is 11.8 Å². The van der Waals surface area contributed by atoms with Gasteiger partial charge in [-0.05, 0) is 77.6 Å². The number of fused-ring (bicyclic) bond motifs is 13. The third kappa shape index (κ3) is 4.02. The van der Waals surface area contributed by atoms with Gasteiger partial charge in [0.15, 0.2) is 0 Å². The van der Waals surface area contributed by atoms with Gasteiger partial charge in [0.05, 0.1) is 5.41 Å². The predicted octanol–water partition coefficient (Wildman–Crippen LogP) is 12.0. The molecule has 2 unspecified atom stereocenters. The predicted molar refractivity (Wildman–Crippen MR) is 194 cm³/mol. The third-order valence-electron chi connectivity index (χ3n) is 10.8. The quantitative estimate of drug-likeness (QED) is 0.169. The lowest BCUT2D eigenvalue weighted by Gasteiger charge is -2.48. The van der Waals surface area contributed by atoms with Crippen molar-refractivity contribution in [1.82, 2.24) is 0 Å². The number of anilines is 2. The van der Waals surface area contributed by atoms with Gasteiger partial charge in [0.25, 0.3) is 0 Å². The van der Waals surface area contributed by atoms with Crippen molar-refractivity contribution in [3.63, 3.8) is 0 Å². The summed E-state index contributed by atoms with van der Waals surface area (Å²) >= 11 is 0. The van der Waals surface area contributed by atoms with E-state index in [0.29, 0.717) is 17.9 Å². The highest BCUT2D eigenvalue weighted by Gasteiger charge is 2.52. The molecule has 2 aliphatic rings. The lowest BCUT2D eigenvalue weighted by atomic mass is 9.64. The third-order valence-corrected chi connectivity index (χ3v) is 10.8. The first-order chi connectivity index (χ1) is 22.4. The Hall–Kier alpha value is -4.82. The van der Waals surface area contributed by atoms with Crippen LogP contribution in [0.25, 0.3) is 33.1 Å². The van der Waals surface area contributed by atoms with Gasteiger partial charge < -0.3 is 9.32 Å². The van der Waals surface area contributed by atoms with Gasteiger partial charge in [-0.3, -0.25) is 0 Å². The summed E-state index contributed by atoms with van der Waals surface area (Å²) in [4.78, 5) is 2.62. The van der Waals surface area contributed by atoms with Crippen LogP contribution in [0.15, 0.2) is 138 Å². The second kappa shape index (κ2) is 10.9. The molecular formula is C44H41NO. The van der Waals surface area contributed by atoms with E-state index in [4.69, 9.17) is 4.42 Å². The first kappa shape index (κ1) is 28.6. The van der Waals surface area contributed by atoms with Gasteiger partial charge in [-0.15, -0.1) is 0 Å². The Kier molecular flexibility index (Phi) is 6.79. The minimum atomic E-state index is -0.453. The number of furan rings is 1. The Morgan fingerprint density at radius 2 is 1.35 bits per heavy atom. The zero-order chi connectivity index (χ0) is 31.6. The molecule has 2 heterocycles. The summed E-state index contributed by atoms with van der Waals surface area (Å²) in [6.45, 7) is 13.4. The van der Waals surface area contributed by atoms with Crippen LogP contribution in [0.4, 0.5) is 11.4 Å². The standard InChI is InChI=1S/C44H41NO/c1-28(2)29(3)16-6-7-17-30(4)31(5)45-39-23-13-11-21-36(39)44(37-22-12-14-24-40(37)45)35-20-10-8-19-34(35)42-38(44)27-26-33-32-18-9-15-25-41(32)46-43(33)42/h6,8-16,18-28,30-31H,3,7,17H2,1-2,4-5H3/b16-6-. The summed E-state index contributed by atoms with van der Waals surface area (Å²) in [6.07, 6.45) is 6.69. The van der Waals surface area contributed by atoms with Crippen molar-refractivity contribution in [1.29, 1.82) is 0 Å². The molecule has 0 saturated carbocycles. The second-order valence-corrected chi connectivity index (χ2v) is 13.6. The molecule has 1 spiro atoms. The Balaban J connectivity index is 1.32. The van der Waals surface area contributed by atoms with E-state index in [1.165, 1.54) is 61.1 Å². The van der Waals surface area contributed by atoms with E-state index in [2.05, 4.69) is 161 Å². The number of hydrogen-bond donors (Lipinski definition) is 0. The lowest BCUT2D eigenvalue weighted by Crippen LogP contribution is -2.43. The molecule has 46 heavy (non-hydrogen) atoms. The van der Waals surface area contributed by atoms with Crippen LogP contribution in [-0.4, -0.2) is 6.04 Å². The van der Waals surface area contributed by atoms with Gasteiger partial charge in [0.1, 0.15) is 11.2 Å². The maximum absolute atomic E-state index is 6.71. The smallest absolute Gasteiger partial charge is 0.143 e. The molecule has 1 aromatic heterocycles. The van der Waals surface area contributed by atoms with Crippen LogP contribution in [-0.2, 0) is 5.41 Å². The molecule has 0 radical (unpaired) electrons. The molecule has 2 heteroatoms. The van der Waals surface area contributed by atoms with E-state index in [9.17, 15) is 0 Å². The molecule has 228 valence electrons. The van der Waals surface area contributed by atoms with Gasteiger partial charge >= 0.3 is 0 Å². The molecule has 0 N–H and O–H groups in total. The number of benzene rings is 5. The first-order valence-corrected chi connectivity index (χ1v) is 16.8. The largest absolute Gasteiger partial charge is 0.455 e. The summed E-state index contributed by atoms with van der Waals surface area (Å²) in [5, 5.41) is 2.34. The van der Waals surface area contributed by atoms with Gasteiger partial charge in [0.2, 0.25) is 0 Å². The molecule has 6 aromatic rings. The van der Waals surface area contributed by atoms with E-state index >= 15 is 0 Å². The second-order valence-electron chi connectivity index (χ2n) is 13.6. The van der Waals surface area contributed by atoms with Gasteiger partial charge in [-0.25, -0.2) is 0 Å². The molecular weight excluding hydrogens is 558 g/mol. The maximum Gasteiger partial charge on any atom is 0.143 e. The zero-order valence-corrected chi connectivity index (χ0v) is 27.3. The maximum atomic E-state index is 6.71. The SMILES string of the molecule is C=C(/C=C\CCC(C)C(C)N1c2ccccc2C2(c3ccccc3-c3c2ccc2c3oc3ccccc32)c2ccccc21)C(C)C. The summed E-state index contributed by atoms with van der Waals surface area (Å²) < 4.78 is 6.71. The number of allylic oxidation sites excluding steroid dienone is 3. The highest BCUT2D eigenvalue weighted by Crippen LogP contribution is 2.64. The molecule has 8 rings (SSSR count). The molecule has 0 amide bonds. The van der Waals surface area contributed by atoms with Crippen LogP contribution < -0.4 is 4.90 Å². The fourth-order valence-electron chi connectivity index (χ4n) is 8.12. The van der Waals surface area contributed by atoms with Crippen molar-refractivity contribution in [2.45, 2.75) is 52.0 Å². The zero-order valence-electron chi connectivity index (χ0n) is 27.3. The fraction of sp³-hybridized carbons (Fsp3) is 0.227. The van der Waals surface area contributed by atoms with E-state index < -0.39 is 5.41 Å². The summed E-state index contributed by atoms with van der Waals surface area (Å²) in [5.74, 6) is 0.959. The fourth-order valence-corrected chi connectivity index (χ4v) is 8.12. The summed E-state index contributed by atoms with van der Waals surface area (Å²) in [7, 11) is 0. The first-order valence-electron chi connectivity index (χ1n) is 16.8. The monoisotopic (exact) mass is 599 g/mol. The molecule has 0 fully saturated rings. The minimum absolute atomic E-state index is 0.301. The van der Waals surface area contributed by atoms with E-state index in [0.717, 1.165) is 24.0 Å². The molecule has 0 saturated heterocycles. The summed E-state index contributed by atoms with van der Waals surface area (Å²) in [5.41, 5.74) is 13.0. The average molecular weight is 600 g/mol. The van der Waals surface area contributed by atoms with Crippen molar-refractivity contribution in [3.05, 3.63) is 156 Å². The average Bonchev–Trinajstić information content (AvgIpc) is 3.61. The Bertz CT molecular complexity index is 2110. The van der Waals surface area contributed by atoms with Crippen LogP contribution >= 0.6 is 0 Å². The van der Waals surface area contributed by atoms with Crippen molar-refractivity contribution < 1.29 is 4.42 Å². The molecule has 2 nitrogen and oxygen atoms in total. The van der Waals surface area contributed by atoms with Crippen LogP contribution in [0.2, 0.25) is 0 Å². The van der Waals surface area contributed by atoms with E-state index in [1.807, 2.05) is 0 Å². The normalized spacial score (nSPS) is 15.7. The molecule has 1 aliphatic heterocycles. The summed E-state index contributed by atoms with van der Waals surface area (Å²) in [6, 6.07) is 40.6. The Labute approximate surface area is 272 Å². The van der Waals surface area contributed by atoms with E-state index in [-0.39, 0.29) is 0 Å². The van der Waals surface area contributed by atoms with Gasteiger partial charge in [-0.1, -0.05) is 136 Å². The molecule has 1 aliphatic carbocycles. The van der Waals surface area contributed by atoms with Crippen LogP contribution in [0.5, 0.6) is 0 Å². The lowest BCUT2D eigenvalue weighted by molar-refractivity contribution is 0.444. The number of nitrogens with zero attached hydrogens (tertiary/aromatic N) is 1. The number of hydrogen-bond acceptors (Lipinski definition) is 2. The van der Waals surface area contributed by atoms with E-state index in [1.54, 1.807) is 0 Å². The van der Waals surface area contributed by atoms with Crippen LogP contribution in [0, 0.1) is 11.8 Å². The van der Waals surface area contributed by atoms with Gasteiger partial charge in [0, 0.05) is 33.8 Å². The highest BCUT2D eigenvalue weighted by atomic mass is 16.3. The molecule has 0 bridgehead atoms. The minimum Gasteiger partial charge on any atom is -0.455 e. The van der Waals surface area contributed by atoms with Crippen LogP contribution in [0.1, 0.15) is 62.8 Å². The van der Waals surface area contributed by atoms with Crippen molar-refractivity contribution in [3.8, 4) is 11.1 Å². The van der Waals surface area contributed by atoms with Crippen molar-refractivity contribution >= 4 is 33.3 Å². The Morgan fingerprint density at radius 3 is 2.07 bits per heavy atom. The van der Waals surface area contributed by atoms with Crippen LogP contribution in [0.3, 0.4) is 0 Å². The van der Waals surface area contributed by atoms with Crippen molar-refractivity contribution in [2.75, 3.05) is 4.90 Å². The number of para-hydroxylation sites is 3. The molecule has 5 aromatic carbocycles. The van der Waals surface area contributed by atoms with Gasteiger partial charge in [-0.2, -0.15) is 0 Å². The number of rotatable bonds is 7. The molecule has 2 atom stereocenters. The highest BCUT2D eigenvalue weighted by molar-refractivity contribution is 6.12. The topological polar surface area (TPSA) is 16.4 Å².